The fourth-order valence-electron chi connectivity index (χ4n) is 3.31. The molecule has 0 aliphatic carbocycles. The molecule has 31 heavy (non-hydrogen) atoms. The van der Waals surface area contributed by atoms with Crippen molar-refractivity contribution in [2.24, 2.45) is 5.10 Å². The van der Waals surface area contributed by atoms with E-state index < -0.39 is 27.9 Å². The van der Waals surface area contributed by atoms with E-state index in [9.17, 15) is 22.4 Å². The number of anilines is 1. The van der Waals surface area contributed by atoms with E-state index in [1.165, 1.54) is 17.1 Å². The summed E-state index contributed by atoms with van der Waals surface area (Å²) in [6.07, 6.45) is 1.54. The minimum atomic E-state index is -3.40. The number of hydrogen-bond donors (Lipinski definition) is 2. The molecule has 2 aromatic carbocycles. The molecule has 2 aromatic rings. The zero-order chi connectivity index (χ0) is 22.6. The van der Waals surface area contributed by atoms with Crippen LogP contribution < -0.4 is 4.72 Å². The molecule has 10 heteroatoms. The number of carbonyl (C=O) groups is 2. The predicted octanol–water partition coefficient (Wildman–Crippen LogP) is 3.13. The van der Waals surface area contributed by atoms with Gasteiger partial charge in [0.2, 0.25) is 15.9 Å². The van der Waals surface area contributed by atoms with Crippen LogP contribution in [-0.4, -0.2) is 42.4 Å². The first-order chi connectivity index (χ1) is 14.6. The van der Waals surface area contributed by atoms with E-state index in [1.807, 2.05) is 0 Å². The highest BCUT2D eigenvalue weighted by Crippen LogP contribution is 2.33. The van der Waals surface area contributed by atoms with E-state index in [1.54, 1.807) is 36.4 Å². The molecule has 2 N–H and O–H groups in total. The highest BCUT2D eigenvalue weighted by atomic mass is 32.2. The molecule has 0 aromatic heterocycles. The summed E-state index contributed by atoms with van der Waals surface area (Å²) in [5, 5.41) is 14.6. The monoisotopic (exact) mass is 447 g/mol. The second-order valence-corrected chi connectivity index (χ2v) is 9.00. The standard InChI is InChI=1S/C21H22FN3O5S/c1-31(29,30)24-17-11-7-14(8-12-17)18-13-19(15-5-9-16(22)10-6-15)25(23-18)20(26)3-2-4-21(27)28/h5-12,19,24H,2-4,13H2,1H3,(H,27,28)/t19-/m0/s1. The van der Waals surface area contributed by atoms with Gasteiger partial charge in [-0.2, -0.15) is 5.10 Å². The van der Waals surface area contributed by atoms with E-state index >= 15 is 0 Å². The zero-order valence-electron chi connectivity index (χ0n) is 16.8. The molecule has 1 aliphatic rings. The molecule has 8 nitrogen and oxygen atoms in total. The smallest absolute Gasteiger partial charge is 0.303 e. The fraction of sp³-hybridized carbons (Fsp3) is 0.286. The van der Waals surface area contributed by atoms with Gasteiger partial charge in [0.1, 0.15) is 5.82 Å². The lowest BCUT2D eigenvalue weighted by Crippen LogP contribution is -2.27. The van der Waals surface area contributed by atoms with Crippen LogP contribution in [0.15, 0.2) is 53.6 Å². The number of rotatable bonds is 8. The Morgan fingerprint density at radius 2 is 1.77 bits per heavy atom. The normalized spacial score (nSPS) is 16.1. The van der Waals surface area contributed by atoms with E-state index in [2.05, 4.69) is 9.82 Å². The summed E-state index contributed by atoms with van der Waals surface area (Å²) in [6, 6.07) is 12.0. The predicted molar refractivity (Wildman–Crippen MR) is 114 cm³/mol. The Morgan fingerprint density at radius 3 is 2.35 bits per heavy atom. The number of carboxylic acid groups (broad SMARTS) is 1. The third kappa shape index (κ3) is 6.11. The number of hydrazone groups is 1. The van der Waals surface area contributed by atoms with Gasteiger partial charge in [-0.05, 0) is 41.8 Å². The summed E-state index contributed by atoms with van der Waals surface area (Å²) in [6.45, 7) is 0. The van der Waals surface area contributed by atoms with Crippen LogP contribution in [0.3, 0.4) is 0 Å². The first-order valence-electron chi connectivity index (χ1n) is 9.57. The Balaban J connectivity index is 1.84. The van der Waals surface area contributed by atoms with Crippen LogP contribution in [0.1, 0.15) is 42.9 Å². The van der Waals surface area contributed by atoms with Crippen LogP contribution in [0.5, 0.6) is 0 Å². The van der Waals surface area contributed by atoms with Crippen molar-refractivity contribution in [3.05, 3.63) is 65.5 Å². The second kappa shape index (κ2) is 9.25. The molecule has 1 atom stereocenters. The summed E-state index contributed by atoms with van der Waals surface area (Å²) in [7, 11) is -3.40. The van der Waals surface area contributed by atoms with Gasteiger partial charge in [-0.3, -0.25) is 14.3 Å². The average Bonchev–Trinajstić information content (AvgIpc) is 3.13. The number of carboxylic acids is 1. The number of carbonyl (C=O) groups excluding carboxylic acids is 1. The van der Waals surface area contributed by atoms with Gasteiger partial charge in [0.25, 0.3) is 0 Å². The van der Waals surface area contributed by atoms with Crippen LogP contribution in [0.4, 0.5) is 10.1 Å². The minimum absolute atomic E-state index is 0.0258. The highest BCUT2D eigenvalue weighted by molar-refractivity contribution is 7.92. The van der Waals surface area contributed by atoms with E-state index in [-0.39, 0.29) is 25.2 Å². The number of amides is 1. The number of nitrogens with zero attached hydrogens (tertiary/aromatic N) is 2. The third-order valence-corrected chi connectivity index (χ3v) is 5.33. The van der Waals surface area contributed by atoms with Gasteiger partial charge in [-0.1, -0.05) is 24.3 Å². The SMILES string of the molecule is CS(=O)(=O)Nc1ccc(C2=NN(C(=O)CCCC(=O)O)[C@H](c3ccc(F)cc3)C2)cc1. The van der Waals surface area contributed by atoms with Crippen LogP contribution in [-0.2, 0) is 19.6 Å². The van der Waals surface area contributed by atoms with Crippen LogP contribution in [0, 0.1) is 5.82 Å². The van der Waals surface area contributed by atoms with Gasteiger partial charge in [-0.15, -0.1) is 0 Å². The molecule has 0 unspecified atom stereocenters. The third-order valence-electron chi connectivity index (χ3n) is 4.72. The maximum Gasteiger partial charge on any atom is 0.303 e. The molecule has 0 fully saturated rings. The van der Waals surface area contributed by atoms with Crippen molar-refractivity contribution in [1.82, 2.24) is 5.01 Å². The van der Waals surface area contributed by atoms with Gasteiger partial charge in [0.05, 0.1) is 18.0 Å². The minimum Gasteiger partial charge on any atom is -0.481 e. The number of aliphatic carboxylic acids is 1. The molecule has 0 saturated heterocycles. The Hall–Kier alpha value is -3.27. The largest absolute Gasteiger partial charge is 0.481 e. The van der Waals surface area contributed by atoms with Crippen molar-refractivity contribution in [2.75, 3.05) is 11.0 Å². The lowest BCUT2D eigenvalue weighted by atomic mass is 9.98. The Labute approximate surface area is 179 Å². The number of hydrogen-bond acceptors (Lipinski definition) is 5. The Bertz CT molecular complexity index is 1100. The molecule has 164 valence electrons. The summed E-state index contributed by atoms with van der Waals surface area (Å²) < 4.78 is 38.5. The van der Waals surface area contributed by atoms with Crippen molar-refractivity contribution in [1.29, 1.82) is 0 Å². The Kier molecular flexibility index (Phi) is 6.69. The molecular weight excluding hydrogens is 425 g/mol. The molecular formula is C21H22FN3O5S. The summed E-state index contributed by atoms with van der Waals surface area (Å²) in [5.41, 5.74) is 2.45. The van der Waals surface area contributed by atoms with Gasteiger partial charge < -0.3 is 5.11 Å². The number of benzene rings is 2. The summed E-state index contributed by atoms with van der Waals surface area (Å²) in [4.78, 5) is 23.5. The maximum atomic E-state index is 13.4. The average molecular weight is 447 g/mol. The number of nitrogens with one attached hydrogen (secondary N) is 1. The molecule has 0 spiro atoms. The first-order valence-corrected chi connectivity index (χ1v) is 11.5. The van der Waals surface area contributed by atoms with Gasteiger partial charge in [0.15, 0.2) is 0 Å². The van der Waals surface area contributed by atoms with Crippen molar-refractivity contribution in [3.63, 3.8) is 0 Å². The molecule has 1 aliphatic heterocycles. The molecule has 0 saturated carbocycles. The van der Waals surface area contributed by atoms with Crippen molar-refractivity contribution in [2.45, 2.75) is 31.7 Å². The molecule has 0 radical (unpaired) electrons. The molecule has 1 heterocycles. The van der Waals surface area contributed by atoms with Crippen LogP contribution >= 0.6 is 0 Å². The topological polar surface area (TPSA) is 116 Å². The lowest BCUT2D eigenvalue weighted by molar-refractivity contribution is -0.137. The number of halogens is 1. The fourth-order valence-corrected chi connectivity index (χ4v) is 3.87. The first kappa shape index (κ1) is 22.4. The molecule has 3 rings (SSSR count). The highest BCUT2D eigenvalue weighted by Gasteiger charge is 2.32. The zero-order valence-corrected chi connectivity index (χ0v) is 17.6. The second-order valence-electron chi connectivity index (χ2n) is 7.26. The van der Waals surface area contributed by atoms with Gasteiger partial charge in [0, 0.05) is 24.9 Å². The summed E-state index contributed by atoms with van der Waals surface area (Å²) >= 11 is 0. The number of sulfonamides is 1. The van der Waals surface area contributed by atoms with Gasteiger partial charge >= 0.3 is 5.97 Å². The van der Waals surface area contributed by atoms with E-state index in [0.717, 1.165) is 6.26 Å². The maximum absolute atomic E-state index is 13.4. The molecule has 0 bridgehead atoms. The van der Waals surface area contributed by atoms with Crippen molar-refractivity contribution >= 4 is 33.3 Å². The quantitative estimate of drug-likeness (QED) is 0.645. The Morgan fingerprint density at radius 1 is 1.13 bits per heavy atom. The van der Waals surface area contributed by atoms with Gasteiger partial charge in [-0.25, -0.2) is 17.8 Å². The van der Waals surface area contributed by atoms with E-state index in [4.69, 9.17) is 5.11 Å². The molecule has 1 amide bonds. The van der Waals surface area contributed by atoms with Crippen molar-refractivity contribution in [3.8, 4) is 0 Å². The van der Waals surface area contributed by atoms with E-state index in [0.29, 0.717) is 28.9 Å². The van der Waals surface area contributed by atoms with Crippen LogP contribution in [0.2, 0.25) is 0 Å². The van der Waals surface area contributed by atoms with Crippen LogP contribution in [0.25, 0.3) is 0 Å². The lowest BCUT2D eigenvalue weighted by Gasteiger charge is -2.22. The summed E-state index contributed by atoms with van der Waals surface area (Å²) in [5.74, 6) is -1.69. The van der Waals surface area contributed by atoms with Crippen molar-refractivity contribution < 1.29 is 27.5 Å².